The van der Waals surface area contributed by atoms with Crippen molar-refractivity contribution in [3.8, 4) is 0 Å². The maximum absolute atomic E-state index is 11.7. The number of hydrogen-bond acceptors (Lipinski definition) is 6. The van der Waals surface area contributed by atoms with Crippen LogP contribution in [0.5, 0.6) is 0 Å². The summed E-state index contributed by atoms with van der Waals surface area (Å²) in [6.07, 6.45) is 0.944. The van der Waals surface area contributed by atoms with Crippen LogP contribution < -0.4 is 0 Å². The molecule has 0 bridgehead atoms. The summed E-state index contributed by atoms with van der Waals surface area (Å²) in [6, 6.07) is 2.07. The van der Waals surface area contributed by atoms with E-state index >= 15 is 0 Å². The van der Waals surface area contributed by atoms with Gasteiger partial charge < -0.3 is 9.52 Å². The molecule has 0 amide bonds. The Morgan fingerprint density at radius 2 is 1.83 bits per heavy atom. The number of carboxylic acid groups (broad SMARTS) is 1. The van der Waals surface area contributed by atoms with Crippen LogP contribution >= 0.6 is 0 Å². The molecule has 0 aliphatic rings. The van der Waals surface area contributed by atoms with E-state index in [1.807, 2.05) is 0 Å². The van der Waals surface area contributed by atoms with Gasteiger partial charge in [0.25, 0.3) is 0 Å². The van der Waals surface area contributed by atoms with Crippen molar-refractivity contribution in [3.63, 3.8) is 0 Å². The van der Waals surface area contributed by atoms with E-state index in [4.69, 9.17) is 5.11 Å². The Labute approximate surface area is 104 Å². The zero-order chi connectivity index (χ0) is 14.0. The minimum Gasteiger partial charge on any atom is -0.475 e. The molecule has 7 nitrogen and oxygen atoms in total. The topological polar surface area (TPSA) is 119 Å². The van der Waals surface area contributed by atoms with E-state index < -0.39 is 42.2 Å². The maximum atomic E-state index is 11.7. The third kappa shape index (κ3) is 4.15. The van der Waals surface area contributed by atoms with Crippen molar-refractivity contribution in [3.05, 3.63) is 17.9 Å². The molecule has 102 valence electrons. The van der Waals surface area contributed by atoms with Crippen LogP contribution in [0.3, 0.4) is 0 Å². The van der Waals surface area contributed by atoms with Crippen molar-refractivity contribution in [2.75, 3.05) is 17.8 Å². The van der Waals surface area contributed by atoms with Crippen LogP contribution in [0.4, 0.5) is 0 Å². The monoisotopic (exact) mass is 296 g/mol. The average Bonchev–Trinajstić information content (AvgIpc) is 2.63. The second kappa shape index (κ2) is 5.11. The summed E-state index contributed by atoms with van der Waals surface area (Å²) in [6.45, 7) is 0. The van der Waals surface area contributed by atoms with E-state index in [-0.39, 0.29) is 12.2 Å². The van der Waals surface area contributed by atoms with Gasteiger partial charge in [-0.3, -0.25) is 0 Å². The van der Waals surface area contributed by atoms with Gasteiger partial charge in [0.2, 0.25) is 20.7 Å². The minimum absolute atomic E-state index is 0.0652. The van der Waals surface area contributed by atoms with Crippen LogP contribution in [0.2, 0.25) is 0 Å². The Morgan fingerprint density at radius 3 is 2.28 bits per heavy atom. The first kappa shape index (κ1) is 14.7. The Kier molecular flexibility index (Phi) is 4.17. The number of furan rings is 1. The van der Waals surface area contributed by atoms with E-state index in [0.29, 0.717) is 0 Å². The average molecular weight is 296 g/mol. The number of carbonyl (C=O) groups is 1. The molecule has 9 heteroatoms. The van der Waals surface area contributed by atoms with E-state index in [0.717, 1.165) is 18.4 Å². The van der Waals surface area contributed by atoms with E-state index in [1.54, 1.807) is 0 Å². The molecule has 1 aromatic rings. The van der Waals surface area contributed by atoms with Gasteiger partial charge >= 0.3 is 5.97 Å². The Hall–Kier alpha value is -1.35. The highest BCUT2D eigenvalue weighted by molar-refractivity contribution is 7.91. The van der Waals surface area contributed by atoms with Gasteiger partial charge in [-0.25, -0.2) is 21.6 Å². The normalized spacial score (nSPS) is 12.5. The van der Waals surface area contributed by atoms with E-state index in [1.165, 1.54) is 0 Å². The minimum atomic E-state index is -3.79. The van der Waals surface area contributed by atoms with Gasteiger partial charge in [0.05, 0.1) is 11.5 Å². The molecular weight excluding hydrogens is 284 g/mol. The highest BCUT2D eigenvalue weighted by atomic mass is 32.2. The molecule has 0 aliphatic heterocycles. The lowest BCUT2D eigenvalue weighted by Crippen LogP contribution is -2.11. The Morgan fingerprint density at radius 1 is 1.22 bits per heavy atom. The number of aromatic carboxylic acids is 1. The van der Waals surface area contributed by atoms with Crippen molar-refractivity contribution in [1.29, 1.82) is 0 Å². The molecule has 1 aromatic heterocycles. The van der Waals surface area contributed by atoms with Crippen LogP contribution in [0.15, 0.2) is 21.6 Å². The molecular formula is C9H12O7S2. The highest BCUT2D eigenvalue weighted by Crippen LogP contribution is 2.16. The van der Waals surface area contributed by atoms with Crippen molar-refractivity contribution >= 4 is 25.6 Å². The molecule has 0 atom stereocenters. The SMILES string of the molecule is CS(=O)(=O)CCCS(=O)(=O)c1ccc(C(=O)O)o1. The van der Waals surface area contributed by atoms with Crippen LogP contribution in [-0.2, 0) is 19.7 Å². The first-order valence-corrected chi connectivity index (χ1v) is 8.57. The van der Waals surface area contributed by atoms with Gasteiger partial charge in [0, 0.05) is 6.26 Å². The summed E-state index contributed by atoms with van der Waals surface area (Å²) < 4.78 is 49.7. The van der Waals surface area contributed by atoms with Gasteiger partial charge in [0.15, 0.2) is 0 Å². The van der Waals surface area contributed by atoms with Crippen molar-refractivity contribution in [2.45, 2.75) is 11.5 Å². The summed E-state index contributed by atoms with van der Waals surface area (Å²) in [5, 5.41) is 8.11. The first-order chi connectivity index (χ1) is 8.12. The summed E-state index contributed by atoms with van der Waals surface area (Å²) in [7, 11) is -7.02. The van der Waals surface area contributed by atoms with Gasteiger partial charge in [-0.15, -0.1) is 0 Å². The summed E-state index contributed by atoms with van der Waals surface area (Å²) >= 11 is 0. The van der Waals surface area contributed by atoms with Crippen molar-refractivity contribution in [2.24, 2.45) is 0 Å². The smallest absolute Gasteiger partial charge is 0.371 e. The second-order valence-corrected chi connectivity index (χ2v) is 8.03. The molecule has 0 unspecified atom stereocenters. The number of carboxylic acids is 1. The quantitative estimate of drug-likeness (QED) is 0.795. The molecule has 0 aliphatic carbocycles. The zero-order valence-electron chi connectivity index (χ0n) is 9.49. The first-order valence-electron chi connectivity index (χ1n) is 4.85. The van der Waals surface area contributed by atoms with Gasteiger partial charge in [-0.2, -0.15) is 0 Å². The van der Waals surface area contributed by atoms with Crippen LogP contribution in [0.25, 0.3) is 0 Å². The van der Waals surface area contributed by atoms with Crippen LogP contribution in [0, 0.1) is 0 Å². The fraction of sp³-hybridized carbons (Fsp3) is 0.444. The molecule has 1 heterocycles. The van der Waals surface area contributed by atoms with Gasteiger partial charge in [0.1, 0.15) is 9.84 Å². The van der Waals surface area contributed by atoms with Crippen molar-refractivity contribution < 1.29 is 31.2 Å². The number of rotatable bonds is 6. The Bertz CT molecular complexity index is 636. The van der Waals surface area contributed by atoms with Crippen LogP contribution in [0.1, 0.15) is 17.0 Å². The summed E-state index contributed by atoms with van der Waals surface area (Å²) in [5.74, 6) is -2.50. The third-order valence-electron chi connectivity index (χ3n) is 2.03. The van der Waals surface area contributed by atoms with Crippen LogP contribution in [-0.4, -0.2) is 45.7 Å². The van der Waals surface area contributed by atoms with Gasteiger partial charge in [-0.1, -0.05) is 0 Å². The molecule has 1 N–H and O–H groups in total. The van der Waals surface area contributed by atoms with E-state index in [2.05, 4.69) is 4.42 Å². The Balaban J connectivity index is 2.77. The largest absolute Gasteiger partial charge is 0.475 e. The lowest BCUT2D eigenvalue weighted by Gasteiger charge is -2.00. The summed E-state index contributed by atoms with van der Waals surface area (Å²) in [4.78, 5) is 10.5. The second-order valence-electron chi connectivity index (χ2n) is 3.73. The molecule has 0 spiro atoms. The predicted molar refractivity (Wildman–Crippen MR) is 62.0 cm³/mol. The summed E-state index contributed by atoms with van der Waals surface area (Å²) in [5.41, 5.74) is 0. The third-order valence-corrected chi connectivity index (χ3v) is 4.72. The standard InChI is InChI=1S/C9H12O7S2/c1-17(12,13)5-2-6-18(14,15)8-4-3-7(16-8)9(10)11/h3-4H,2,5-6H2,1H3,(H,10,11). The molecule has 0 fully saturated rings. The fourth-order valence-electron chi connectivity index (χ4n) is 1.21. The molecule has 0 saturated carbocycles. The van der Waals surface area contributed by atoms with Crippen molar-refractivity contribution in [1.82, 2.24) is 0 Å². The van der Waals surface area contributed by atoms with Gasteiger partial charge in [-0.05, 0) is 18.6 Å². The lowest BCUT2D eigenvalue weighted by atomic mass is 10.5. The molecule has 18 heavy (non-hydrogen) atoms. The predicted octanol–water partition coefficient (Wildman–Crippen LogP) is 0.186. The number of sulfone groups is 2. The fourth-order valence-corrected chi connectivity index (χ4v) is 3.28. The zero-order valence-corrected chi connectivity index (χ0v) is 11.1. The lowest BCUT2D eigenvalue weighted by molar-refractivity contribution is 0.0656. The maximum Gasteiger partial charge on any atom is 0.371 e. The van der Waals surface area contributed by atoms with E-state index in [9.17, 15) is 21.6 Å². The molecule has 0 aromatic carbocycles. The highest BCUT2D eigenvalue weighted by Gasteiger charge is 2.21. The molecule has 0 saturated heterocycles. The number of hydrogen-bond donors (Lipinski definition) is 1. The molecule has 0 radical (unpaired) electrons. The molecule has 1 rings (SSSR count).